The second kappa shape index (κ2) is 9.04. The molecule has 0 saturated carbocycles. The molecule has 0 aliphatic carbocycles. The Bertz CT molecular complexity index is 751. The SMILES string of the molecule is Cl.Cl.O=C(Cc1coc(-c2ccc(F)cc2)n1)N1CCC2(CCNC2)CC1. The van der Waals surface area contributed by atoms with Crippen molar-refractivity contribution in [3.63, 3.8) is 0 Å². The fourth-order valence-corrected chi connectivity index (χ4v) is 3.83. The highest BCUT2D eigenvalue weighted by Crippen LogP contribution is 2.37. The van der Waals surface area contributed by atoms with E-state index in [4.69, 9.17) is 4.42 Å². The van der Waals surface area contributed by atoms with Crippen molar-refractivity contribution in [2.75, 3.05) is 26.2 Å². The van der Waals surface area contributed by atoms with E-state index in [1.807, 2.05) is 4.90 Å². The van der Waals surface area contributed by atoms with E-state index in [0.29, 0.717) is 22.6 Å². The van der Waals surface area contributed by atoms with Crippen LogP contribution < -0.4 is 5.32 Å². The maximum absolute atomic E-state index is 13.0. The van der Waals surface area contributed by atoms with Crippen molar-refractivity contribution in [1.29, 1.82) is 0 Å². The Morgan fingerprint density at radius 3 is 2.52 bits per heavy atom. The van der Waals surface area contributed by atoms with Crippen molar-refractivity contribution < 1.29 is 13.6 Å². The van der Waals surface area contributed by atoms with Gasteiger partial charge >= 0.3 is 0 Å². The molecule has 8 heteroatoms. The van der Waals surface area contributed by atoms with Crippen LogP contribution in [0.1, 0.15) is 25.0 Å². The van der Waals surface area contributed by atoms with E-state index in [1.54, 1.807) is 12.1 Å². The van der Waals surface area contributed by atoms with Gasteiger partial charge in [0.1, 0.15) is 12.1 Å². The number of nitrogens with zero attached hydrogens (tertiary/aromatic N) is 2. The highest BCUT2D eigenvalue weighted by atomic mass is 35.5. The number of likely N-dealkylation sites (tertiary alicyclic amines) is 1. The lowest BCUT2D eigenvalue weighted by atomic mass is 9.78. The topological polar surface area (TPSA) is 58.4 Å². The molecule has 1 aromatic carbocycles. The van der Waals surface area contributed by atoms with E-state index in [1.165, 1.54) is 24.8 Å². The molecule has 0 radical (unpaired) electrons. The van der Waals surface area contributed by atoms with Crippen molar-refractivity contribution in [2.24, 2.45) is 5.41 Å². The number of carbonyl (C=O) groups is 1. The second-order valence-corrected chi connectivity index (χ2v) is 7.14. The van der Waals surface area contributed by atoms with Gasteiger partial charge in [0.25, 0.3) is 0 Å². The molecule has 2 fully saturated rings. The largest absolute Gasteiger partial charge is 0.444 e. The van der Waals surface area contributed by atoms with Gasteiger partial charge in [0.15, 0.2) is 0 Å². The summed E-state index contributed by atoms with van der Waals surface area (Å²) in [6, 6.07) is 5.97. The van der Waals surface area contributed by atoms with E-state index in [-0.39, 0.29) is 43.0 Å². The highest BCUT2D eigenvalue weighted by molar-refractivity contribution is 5.85. The minimum atomic E-state index is -0.300. The molecule has 1 spiro atoms. The number of hydrogen-bond acceptors (Lipinski definition) is 4. The number of hydrogen-bond donors (Lipinski definition) is 1. The van der Waals surface area contributed by atoms with E-state index in [9.17, 15) is 9.18 Å². The van der Waals surface area contributed by atoms with Gasteiger partial charge in [-0.15, -0.1) is 24.8 Å². The maximum atomic E-state index is 13.0. The molecule has 1 amide bonds. The Morgan fingerprint density at radius 2 is 1.89 bits per heavy atom. The predicted octanol–water partition coefficient (Wildman–Crippen LogP) is 3.47. The normalized spacial score (nSPS) is 18.0. The van der Waals surface area contributed by atoms with Crippen LogP contribution in [0.5, 0.6) is 0 Å². The summed E-state index contributed by atoms with van der Waals surface area (Å²) in [4.78, 5) is 18.8. The van der Waals surface area contributed by atoms with Crippen molar-refractivity contribution in [2.45, 2.75) is 25.7 Å². The molecule has 3 heterocycles. The van der Waals surface area contributed by atoms with E-state index in [2.05, 4.69) is 10.3 Å². The number of oxazole rings is 1. The first-order chi connectivity index (χ1) is 12.1. The van der Waals surface area contributed by atoms with Crippen molar-refractivity contribution >= 4 is 30.7 Å². The molecule has 2 aromatic rings. The zero-order valence-corrected chi connectivity index (χ0v) is 16.6. The van der Waals surface area contributed by atoms with Gasteiger partial charge in [0, 0.05) is 25.2 Å². The maximum Gasteiger partial charge on any atom is 0.228 e. The van der Waals surface area contributed by atoms with Crippen LogP contribution in [0, 0.1) is 11.2 Å². The van der Waals surface area contributed by atoms with Crippen LogP contribution in [0.3, 0.4) is 0 Å². The standard InChI is InChI=1S/C19H22FN3O2.2ClH/c20-15-3-1-14(2-4-15)18-22-16(12-25-18)11-17(24)23-9-6-19(7-10-23)5-8-21-13-19;;/h1-4,12,21H,5-11,13H2;2*1H. The Balaban J connectivity index is 0.00000131. The number of halogens is 3. The molecule has 2 aliphatic heterocycles. The van der Waals surface area contributed by atoms with Gasteiger partial charge in [0.05, 0.1) is 12.1 Å². The second-order valence-electron chi connectivity index (χ2n) is 7.14. The number of carbonyl (C=O) groups excluding carboxylic acids is 1. The molecule has 2 saturated heterocycles. The lowest BCUT2D eigenvalue weighted by Gasteiger charge is -2.38. The monoisotopic (exact) mass is 415 g/mol. The first-order valence-corrected chi connectivity index (χ1v) is 8.82. The van der Waals surface area contributed by atoms with Gasteiger partial charge in [-0.25, -0.2) is 9.37 Å². The van der Waals surface area contributed by atoms with Crippen LogP contribution in [0.2, 0.25) is 0 Å². The van der Waals surface area contributed by atoms with E-state index in [0.717, 1.165) is 39.0 Å². The molecular formula is C19H24Cl2FN3O2. The molecule has 1 N–H and O–H groups in total. The Morgan fingerprint density at radius 1 is 1.19 bits per heavy atom. The number of rotatable bonds is 3. The third kappa shape index (κ3) is 4.81. The number of nitrogens with one attached hydrogen (secondary N) is 1. The van der Waals surface area contributed by atoms with Gasteiger partial charge in [-0.05, 0) is 55.5 Å². The molecule has 0 atom stereocenters. The fourth-order valence-electron chi connectivity index (χ4n) is 3.83. The first kappa shape index (κ1) is 21.7. The highest BCUT2D eigenvalue weighted by Gasteiger charge is 2.38. The third-order valence-corrected chi connectivity index (χ3v) is 5.48. The minimum absolute atomic E-state index is 0. The summed E-state index contributed by atoms with van der Waals surface area (Å²) < 4.78 is 18.4. The molecule has 1 aromatic heterocycles. The van der Waals surface area contributed by atoms with Crippen LogP contribution in [-0.4, -0.2) is 42.0 Å². The lowest BCUT2D eigenvalue weighted by molar-refractivity contribution is -0.132. The van der Waals surface area contributed by atoms with Gasteiger partial charge in [0.2, 0.25) is 11.8 Å². The number of aromatic nitrogens is 1. The summed E-state index contributed by atoms with van der Waals surface area (Å²) in [6.45, 7) is 3.82. The summed E-state index contributed by atoms with van der Waals surface area (Å²) in [7, 11) is 0. The Kier molecular flexibility index (Phi) is 7.25. The van der Waals surface area contributed by atoms with E-state index >= 15 is 0 Å². The average molecular weight is 416 g/mol. The molecular weight excluding hydrogens is 392 g/mol. The van der Waals surface area contributed by atoms with Crippen molar-refractivity contribution in [3.8, 4) is 11.5 Å². The molecule has 4 rings (SSSR count). The van der Waals surface area contributed by atoms with Crippen molar-refractivity contribution in [3.05, 3.63) is 42.0 Å². The van der Waals surface area contributed by atoms with Gasteiger partial charge < -0.3 is 14.6 Å². The predicted molar refractivity (Wildman–Crippen MR) is 106 cm³/mol. The first-order valence-electron chi connectivity index (χ1n) is 8.82. The number of amides is 1. The summed E-state index contributed by atoms with van der Waals surface area (Å²) in [5.74, 6) is 0.211. The zero-order valence-electron chi connectivity index (χ0n) is 14.9. The molecule has 0 unspecified atom stereocenters. The molecule has 2 aliphatic rings. The van der Waals surface area contributed by atoms with Crippen LogP contribution in [0.4, 0.5) is 4.39 Å². The lowest BCUT2D eigenvalue weighted by Crippen LogP contribution is -2.44. The number of piperidine rings is 1. The zero-order chi connectivity index (χ0) is 17.3. The Labute approximate surface area is 170 Å². The summed E-state index contributed by atoms with van der Waals surface area (Å²) in [5.41, 5.74) is 1.72. The van der Waals surface area contributed by atoms with Crippen molar-refractivity contribution in [1.82, 2.24) is 15.2 Å². The van der Waals surface area contributed by atoms with Crippen LogP contribution in [0.15, 0.2) is 34.9 Å². The quantitative estimate of drug-likeness (QED) is 0.833. The molecule has 0 bridgehead atoms. The molecule has 148 valence electrons. The van der Waals surface area contributed by atoms with Crippen LogP contribution in [-0.2, 0) is 11.2 Å². The summed E-state index contributed by atoms with van der Waals surface area (Å²) in [6.07, 6.45) is 5.13. The average Bonchev–Trinajstić information content (AvgIpc) is 3.26. The van der Waals surface area contributed by atoms with Crippen LogP contribution >= 0.6 is 24.8 Å². The summed E-state index contributed by atoms with van der Waals surface area (Å²) in [5, 5.41) is 3.44. The number of benzene rings is 1. The van der Waals surface area contributed by atoms with Crippen LogP contribution in [0.25, 0.3) is 11.5 Å². The van der Waals surface area contributed by atoms with Gasteiger partial charge in [-0.3, -0.25) is 4.79 Å². The smallest absolute Gasteiger partial charge is 0.228 e. The molecule has 5 nitrogen and oxygen atoms in total. The summed E-state index contributed by atoms with van der Waals surface area (Å²) >= 11 is 0. The van der Waals surface area contributed by atoms with E-state index < -0.39 is 0 Å². The molecule has 27 heavy (non-hydrogen) atoms. The third-order valence-electron chi connectivity index (χ3n) is 5.48. The fraction of sp³-hybridized carbons (Fsp3) is 0.474. The van der Waals surface area contributed by atoms with Gasteiger partial charge in [-0.2, -0.15) is 0 Å². The minimum Gasteiger partial charge on any atom is -0.444 e. The Hall–Kier alpha value is -1.63. The van der Waals surface area contributed by atoms with Gasteiger partial charge in [-0.1, -0.05) is 0 Å².